The molecule has 0 amide bonds. The smallest absolute Gasteiger partial charge is 0.275 e. The maximum atomic E-state index is 12.9. The maximum Gasteiger partial charge on any atom is 0.275 e. The number of anilines is 1. The second-order valence-electron chi connectivity index (χ2n) is 9.87. The Bertz CT molecular complexity index is 1570. The molecular weight excluding hydrogens is 519 g/mol. The second kappa shape index (κ2) is 11.3. The van der Waals surface area contributed by atoms with Gasteiger partial charge in [0.25, 0.3) is 10.8 Å². The van der Waals surface area contributed by atoms with E-state index in [0.717, 1.165) is 58.7 Å². The van der Waals surface area contributed by atoms with Crippen LogP contribution in [-0.4, -0.2) is 67.7 Å². The van der Waals surface area contributed by atoms with Crippen LogP contribution >= 0.6 is 11.3 Å². The van der Waals surface area contributed by atoms with Crippen LogP contribution in [0.15, 0.2) is 29.2 Å². The van der Waals surface area contributed by atoms with E-state index in [1.165, 1.54) is 11.3 Å². The Hall–Kier alpha value is -3.56. The van der Waals surface area contributed by atoms with Gasteiger partial charge in [-0.2, -0.15) is 10.4 Å². The largest absolute Gasteiger partial charge is 0.467 e. The van der Waals surface area contributed by atoms with Crippen molar-refractivity contribution < 1.29 is 9.13 Å². The SMILES string of the molecule is CC[C@H]1CN([C@H](C)c2ccc3nc(OCCF)sc3n2)[C@H](CC)CN1c1cc(=O)n(C)c2cn(CC#N)nc12. The molecule has 0 radical (unpaired) electrons. The van der Waals surface area contributed by atoms with Crippen molar-refractivity contribution in [2.24, 2.45) is 7.05 Å². The van der Waals surface area contributed by atoms with Crippen LogP contribution in [0.5, 0.6) is 5.19 Å². The zero-order valence-corrected chi connectivity index (χ0v) is 23.5. The molecule has 206 valence electrons. The lowest BCUT2D eigenvalue weighted by Crippen LogP contribution is -2.58. The van der Waals surface area contributed by atoms with Gasteiger partial charge in [-0.3, -0.25) is 14.4 Å². The van der Waals surface area contributed by atoms with Crippen molar-refractivity contribution in [3.05, 3.63) is 40.4 Å². The number of halogens is 1. The molecule has 1 aliphatic rings. The van der Waals surface area contributed by atoms with Crippen molar-refractivity contribution in [1.82, 2.24) is 29.2 Å². The highest BCUT2D eigenvalue weighted by Crippen LogP contribution is 2.35. The molecule has 1 aliphatic heterocycles. The number of fused-ring (bicyclic) bond motifs is 2. The molecule has 10 nitrogen and oxygen atoms in total. The van der Waals surface area contributed by atoms with E-state index in [4.69, 9.17) is 9.72 Å². The number of ether oxygens (including phenoxy) is 1. The molecule has 4 aromatic heterocycles. The van der Waals surface area contributed by atoms with E-state index in [9.17, 15) is 14.4 Å². The highest BCUT2D eigenvalue weighted by molar-refractivity contribution is 7.19. The number of hydrogen-bond acceptors (Lipinski definition) is 9. The van der Waals surface area contributed by atoms with Crippen molar-refractivity contribution in [1.29, 1.82) is 5.26 Å². The Balaban J connectivity index is 1.45. The first-order valence-corrected chi connectivity index (χ1v) is 14.1. The van der Waals surface area contributed by atoms with Gasteiger partial charge in [0.05, 0.1) is 29.2 Å². The van der Waals surface area contributed by atoms with E-state index in [0.29, 0.717) is 5.19 Å². The van der Waals surface area contributed by atoms with Crippen LogP contribution in [0.25, 0.3) is 21.4 Å². The van der Waals surface area contributed by atoms with Crippen LogP contribution in [0.2, 0.25) is 0 Å². The molecule has 5 rings (SSSR count). The maximum absolute atomic E-state index is 12.9. The van der Waals surface area contributed by atoms with Crippen molar-refractivity contribution in [2.75, 3.05) is 31.3 Å². The number of aryl methyl sites for hydroxylation is 1. The molecule has 0 N–H and O–H groups in total. The molecular formula is C27H33FN8O2S. The average Bonchev–Trinajstić information content (AvgIpc) is 3.56. The second-order valence-corrected chi connectivity index (χ2v) is 10.8. The predicted octanol–water partition coefficient (Wildman–Crippen LogP) is 4.05. The summed E-state index contributed by atoms with van der Waals surface area (Å²) in [6, 6.07) is 8.23. The summed E-state index contributed by atoms with van der Waals surface area (Å²) in [7, 11) is 1.74. The van der Waals surface area contributed by atoms with E-state index in [1.807, 2.05) is 12.1 Å². The Labute approximate surface area is 230 Å². The van der Waals surface area contributed by atoms with E-state index < -0.39 is 6.67 Å². The summed E-state index contributed by atoms with van der Waals surface area (Å²) in [4.78, 5) is 27.8. The summed E-state index contributed by atoms with van der Waals surface area (Å²) in [6.45, 7) is 7.64. The molecule has 1 saturated heterocycles. The molecule has 12 heteroatoms. The van der Waals surface area contributed by atoms with Gasteiger partial charge in [-0.1, -0.05) is 25.2 Å². The van der Waals surface area contributed by atoms with Crippen molar-refractivity contribution in [3.8, 4) is 11.3 Å². The van der Waals surface area contributed by atoms with Crippen molar-refractivity contribution in [2.45, 2.75) is 58.3 Å². The lowest BCUT2D eigenvalue weighted by atomic mass is 9.98. The van der Waals surface area contributed by atoms with Crippen molar-refractivity contribution >= 4 is 38.4 Å². The van der Waals surface area contributed by atoms with Gasteiger partial charge >= 0.3 is 0 Å². The van der Waals surface area contributed by atoms with Crippen LogP contribution in [0, 0.1) is 11.3 Å². The highest BCUT2D eigenvalue weighted by atomic mass is 32.1. The highest BCUT2D eigenvalue weighted by Gasteiger charge is 2.36. The van der Waals surface area contributed by atoms with E-state index in [-0.39, 0.29) is 36.8 Å². The van der Waals surface area contributed by atoms with Crippen LogP contribution in [0.1, 0.15) is 45.3 Å². The minimum absolute atomic E-state index is 0.0116. The molecule has 5 heterocycles. The van der Waals surface area contributed by atoms with Gasteiger partial charge in [0.2, 0.25) is 0 Å². The van der Waals surface area contributed by atoms with E-state index in [2.05, 4.69) is 46.7 Å². The predicted molar refractivity (Wildman–Crippen MR) is 150 cm³/mol. The topological polar surface area (TPSA) is 105 Å². The lowest BCUT2D eigenvalue weighted by Gasteiger charge is -2.49. The number of pyridine rings is 2. The minimum Gasteiger partial charge on any atom is -0.467 e. The fraction of sp³-hybridized carbons (Fsp3) is 0.519. The summed E-state index contributed by atoms with van der Waals surface area (Å²) < 4.78 is 21.1. The lowest BCUT2D eigenvalue weighted by molar-refractivity contribution is 0.0993. The molecule has 3 atom stereocenters. The summed E-state index contributed by atoms with van der Waals surface area (Å²) >= 11 is 1.34. The third-order valence-corrected chi connectivity index (χ3v) is 8.52. The third kappa shape index (κ3) is 5.08. The van der Waals surface area contributed by atoms with Gasteiger partial charge in [-0.05, 0) is 31.9 Å². The summed E-state index contributed by atoms with van der Waals surface area (Å²) in [5.74, 6) is 0. The summed E-state index contributed by atoms with van der Waals surface area (Å²) in [5, 5.41) is 14.3. The van der Waals surface area contributed by atoms with Gasteiger partial charge in [0.1, 0.15) is 35.7 Å². The number of nitrogens with zero attached hydrogens (tertiary/aromatic N) is 8. The summed E-state index contributed by atoms with van der Waals surface area (Å²) in [6.07, 6.45) is 3.60. The zero-order chi connectivity index (χ0) is 27.7. The fourth-order valence-corrected chi connectivity index (χ4v) is 6.29. The summed E-state index contributed by atoms with van der Waals surface area (Å²) in [5.41, 5.74) is 3.90. The quantitative estimate of drug-likeness (QED) is 0.306. The number of thiazole rings is 1. The van der Waals surface area contributed by atoms with Crippen LogP contribution in [-0.2, 0) is 13.6 Å². The van der Waals surface area contributed by atoms with Crippen LogP contribution < -0.4 is 15.2 Å². The molecule has 4 aromatic rings. The number of aromatic nitrogens is 5. The molecule has 0 aromatic carbocycles. The number of hydrogen-bond donors (Lipinski definition) is 0. The number of rotatable bonds is 9. The van der Waals surface area contributed by atoms with Gasteiger partial charge in [0, 0.05) is 44.3 Å². The Morgan fingerprint density at radius 1 is 1.23 bits per heavy atom. The monoisotopic (exact) mass is 552 g/mol. The molecule has 0 saturated carbocycles. The van der Waals surface area contributed by atoms with Gasteiger partial charge in [-0.25, -0.2) is 14.4 Å². The van der Waals surface area contributed by atoms with Crippen LogP contribution in [0.4, 0.5) is 10.1 Å². The average molecular weight is 553 g/mol. The molecule has 39 heavy (non-hydrogen) atoms. The molecule has 0 spiro atoms. The Morgan fingerprint density at radius 3 is 2.74 bits per heavy atom. The number of piperazine rings is 1. The molecule has 0 unspecified atom stereocenters. The van der Waals surface area contributed by atoms with Gasteiger partial charge < -0.3 is 14.2 Å². The number of alkyl halides is 1. The van der Waals surface area contributed by atoms with Crippen molar-refractivity contribution in [3.63, 3.8) is 0 Å². The third-order valence-electron chi connectivity index (χ3n) is 7.65. The first-order chi connectivity index (χ1) is 18.9. The standard InChI is InChI=1S/C27H33FN8O2S/c1-5-18-15-36(22-13-24(37)33(4)23-16-34(11-10-29)32-25(22)23)19(6-2)14-35(18)17(3)20-7-8-21-26(30-20)39-27(31-21)38-12-9-28/h7-8,13,16-19H,5-6,9,11-12,14-15H2,1-4H3/t17-,18-,19+/m1/s1. The van der Waals surface area contributed by atoms with Gasteiger partial charge in [0.15, 0.2) is 0 Å². The first kappa shape index (κ1) is 27.0. The normalized spacial score (nSPS) is 19.0. The molecule has 0 aliphatic carbocycles. The minimum atomic E-state index is -0.556. The Morgan fingerprint density at radius 2 is 2.03 bits per heavy atom. The number of nitriles is 1. The van der Waals surface area contributed by atoms with E-state index >= 15 is 0 Å². The first-order valence-electron chi connectivity index (χ1n) is 13.3. The zero-order valence-electron chi connectivity index (χ0n) is 22.7. The molecule has 1 fully saturated rings. The Kier molecular flexibility index (Phi) is 7.81. The fourth-order valence-electron chi connectivity index (χ4n) is 5.47. The molecule has 0 bridgehead atoms. The van der Waals surface area contributed by atoms with Crippen LogP contribution in [0.3, 0.4) is 0 Å². The van der Waals surface area contributed by atoms with E-state index in [1.54, 1.807) is 28.6 Å². The van der Waals surface area contributed by atoms with Gasteiger partial charge in [-0.15, -0.1) is 0 Å².